The third-order valence-electron chi connectivity index (χ3n) is 5.05. The second kappa shape index (κ2) is 7.68. The molecular formula is C18H23ClN4O2S. The Labute approximate surface area is 162 Å². The van der Waals surface area contributed by atoms with E-state index in [0.717, 1.165) is 59.5 Å². The van der Waals surface area contributed by atoms with E-state index in [4.69, 9.17) is 16.6 Å². The first kappa shape index (κ1) is 18.0. The van der Waals surface area contributed by atoms with Gasteiger partial charge in [-0.25, -0.2) is 4.98 Å². The van der Waals surface area contributed by atoms with E-state index in [9.17, 15) is 9.90 Å². The lowest BCUT2D eigenvalue weighted by Crippen LogP contribution is -2.50. The molecule has 1 atom stereocenters. The molecule has 8 heteroatoms. The molecule has 0 saturated carbocycles. The standard InChI is InChI=1S/C18H23ClN4O2S/c19-13-3-4-15-16(10-13)26-18(20-15)22-8-6-21(7-9-22)11-14(24)12-23-5-1-2-17(23)25/h3-4,10,14,24H,1-2,5-9,11-12H2/t14-/m0/s1. The van der Waals surface area contributed by atoms with Crippen LogP contribution in [0.1, 0.15) is 12.8 Å². The number of aliphatic hydroxyl groups is 1. The first-order valence-electron chi connectivity index (χ1n) is 9.08. The highest BCUT2D eigenvalue weighted by Gasteiger charge is 2.25. The highest BCUT2D eigenvalue weighted by atomic mass is 35.5. The summed E-state index contributed by atoms with van der Waals surface area (Å²) in [6.45, 7) is 5.42. The third-order valence-corrected chi connectivity index (χ3v) is 6.37. The Hall–Kier alpha value is -1.41. The van der Waals surface area contributed by atoms with Crippen LogP contribution in [0.5, 0.6) is 0 Å². The van der Waals surface area contributed by atoms with Crippen molar-refractivity contribution in [1.29, 1.82) is 0 Å². The van der Waals surface area contributed by atoms with Crippen LogP contribution in [0, 0.1) is 0 Å². The second-order valence-electron chi connectivity index (χ2n) is 6.99. The van der Waals surface area contributed by atoms with Gasteiger partial charge in [-0.15, -0.1) is 0 Å². The Morgan fingerprint density at radius 1 is 1.19 bits per heavy atom. The number of halogens is 1. The number of piperazine rings is 1. The van der Waals surface area contributed by atoms with Crippen molar-refractivity contribution in [1.82, 2.24) is 14.8 Å². The van der Waals surface area contributed by atoms with Crippen LogP contribution in [0.3, 0.4) is 0 Å². The molecule has 1 amide bonds. The summed E-state index contributed by atoms with van der Waals surface area (Å²) in [6.07, 6.45) is 1.06. The molecular weight excluding hydrogens is 372 g/mol. The fourth-order valence-corrected chi connectivity index (χ4v) is 4.94. The Morgan fingerprint density at radius 2 is 2.00 bits per heavy atom. The summed E-state index contributed by atoms with van der Waals surface area (Å²) >= 11 is 7.73. The molecule has 1 N–H and O–H groups in total. The predicted octanol–water partition coefficient (Wildman–Crippen LogP) is 2.05. The predicted molar refractivity (Wildman–Crippen MR) is 105 cm³/mol. The number of nitrogens with zero attached hydrogens (tertiary/aromatic N) is 4. The molecule has 1 aromatic heterocycles. The van der Waals surface area contributed by atoms with Gasteiger partial charge in [0, 0.05) is 57.3 Å². The van der Waals surface area contributed by atoms with E-state index in [-0.39, 0.29) is 5.91 Å². The number of hydrogen-bond donors (Lipinski definition) is 1. The Bertz CT molecular complexity index is 791. The van der Waals surface area contributed by atoms with Gasteiger partial charge in [0.25, 0.3) is 0 Å². The van der Waals surface area contributed by atoms with E-state index in [1.54, 1.807) is 16.2 Å². The van der Waals surface area contributed by atoms with Crippen LogP contribution in [-0.4, -0.2) is 77.7 Å². The summed E-state index contributed by atoms with van der Waals surface area (Å²) < 4.78 is 1.11. The lowest BCUT2D eigenvalue weighted by molar-refractivity contribution is -0.129. The van der Waals surface area contributed by atoms with E-state index in [1.165, 1.54) is 0 Å². The monoisotopic (exact) mass is 394 g/mol. The van der Waals surface area contributed by atoms with Crippen molar-refractivity contribution in [2.45, 2.75) is 18.9 Å². The summed E-state index contributed by atoms with van der Waals surface area (Å²) in [7, 11) is 0. The number of aromatic nitrogens is 1. The zero-order valence-electron chi connectivity index (χ0n) is 14.6. The number of fused-ring (bicyclic) bond motifs is 1. The van der Waals surface area contributed by atoms with Crippen molar-refractivity contribution in [3.8, 4) is 0 Å². The Kier molecular flexibility index (Phi) is 5.31. The van der Waals surface area contributed by atoms with Gasteiger partial charge in [0.05, 0.1) is 16.3 Å². The van der Waals surface area contributed by atoms with Crippen LogP contribution in [0.15, 0.2) is 18.2 Å². The zero-order valence-corrected chi connectivity index (χ0v) is 16.2. The maximum absolute atomic E-state index is 11.7. The molecule has 3 heterocycles. The van der Waals surface area contributed by atoms with Gasteiger partial charge in [-0.3, -0.25) is 9.69 Å². The number of thiazole rings is 1. The number of rotatable bonds is 5. The van der Waals surface area contributed by atoms with Gasteiger partial charge in [-0.1, -0.05) is 22.9 Å². The van der Waals surface area contributed by atoms with Crippen LogP contribution in [-0.2, 0) is 4.79 Å². The molecule has 1 aromatic carbocycles. The summed E-state index contributed by atoms with van der Waals surface area (Å²) in [6, 6.07) is 5.80. The lowest BCUT2D eigenvalue weighted by atomic mass is 10.2. The van der Waals surface area contributed by atoms with Crippen LogP contribution in [0.25, 0.3) is 10.2 Å². The van der Waals surface area contributed by atoms with E-state index in [0.29, 0.717) is 19.5 Å². The first-order chi connectivity index (χ1) is 12.6. The third kappa shape index (κ3) is 3.96. The van der Waals surface area contributed by atoms with Crippen molar-refractivity contribution in [3.63, 3.8) is 0 Å². The molecule has 140 valence electrons. The average Bonchev–Trinajstić information content (AvgIpc) is 3.21. The molecule has 0 aliphatic carbocycles. The number of aliphatic hydroxyl groups excluding tert-OH is 1. The highest BCUT2D eigenvalue weighted by molar-refractivity contribution is 7.22. The van der Waals surface area contributed by atoms with Crippen molar-refractivity contribution in [3.05, 3.63) is 23.2 Å². The minimum Gasteiger partial charge on any atom is -0.390 e. The van der Waals surface area contributed by atoms with Crippen molar-refractivity contribution >= 4 is 44.2 Å². The van der Waals surface area contributed by atoms with E-state index in [1.807, 2.05) is 18.2 Å². The van der Waals surface area contributed by atoms with Gasteiger partial charge < -0.3 is 14.9 Å². The molecule has 26 heavy (non-hydrogen) atoms. The molecule has 6 nitrogen and oxygen atoms in total. The summed E-state index contributed by atoms with van der Waals surface area (Å²) in [5.74, 6) is 0.171. The topological polar surface area (TPSA) is 59.9 Å². The summed E-state index contributed by atoms with van der Waals surface area (Å²) in [5.41, 5.74) is 0.988. The number of carbonyl (C=O) groups is 1. The van der Waals surface area contributed by atoms with Crippen LogP contribution < -0.4 is 4.90 Å². The molecule has 0 unspecified atom stereocenters. The fraction of sp³-hybridized carbons (Fsp3) is 0.556. The Morgan fingerprint density at radius 3 is 2.73 bits per heavy atom. The number of carbonyl (C=O) groups excluding carboxylic acids is 1. The van der Waals surface area contributed by atoms with Gasteiger partial charge in [0.1, 0.15) is 0 Å². The SMILES string of the molecule is O=C1CCCN1C[C@@H](O)CN1CCN(c2nc3ccc(Cl)cc3s2)CC1. The van der Waals surface area contributed by atoms with Crippen molar-refractivity contribution in [2.75, 3.05) is 50.7 Å². The van der Waals surface area contributed by atoms with Crippen LogP contribution in [0.2, 0.25) is 5.02 Å². The summed E-state index contributed by atoms with van der Waals surface area (Å²) in [5, 5.41) is 12.1. The molecule has 0 radical (unpaired) electrons. The number of amides is 1. The van der Waals surface area contributed by atoms with E-state index in [2.05, 4.69) is 9.80 Å². The smallest absolute Gasteiger partial charge is 0.222 e. The zero-order chi connectivity index (χ0) is 18.1. The maximum Gasteiger partial charge on any atom is 0.222 e. The largest absolute Gasteiger partial charge is 0.390 e. The van der Waals surface area contributed by atoms with Gasteiger partial charge in [-0.05, 0) is 24.6 Å². The highest BCUT2D eigenvalue weighted by Crippen LogP contribution is 2.31. The molecule has 2 saturated heterocycles. The molecule has 2 aromatic rings. The van der Waals surface area contributed by atoms with Gasteiger partial charge >= 0.3 is 0 Å². The van der Waals surface area contributed by atoms with Crippen LogP contribution >= 0.6 is 22.9 Å². The van der Waals surface area contributed by atoms with Gasteiger partial charge in [-0.2, -0.15) is 0 Å². The molecule has 2 aliphatic heterocycles. The number of β-amino-alcohol motifs (C(OH)–C–C–N with tert-alkyl or cyclic N) is 1. The van der Waals surface area contributed by atoms with E-state index >= 15 is 0 Å². The maximum atomic E-state index is 11.7. The van der Waals surface area contributed by atoms with Gasteiger partial charge in [0.2, 0.25) is 5.91 Å². The number of anilines is 1. The minimum atomic E-state index is -0.479. The second-order valence-corrected chi connectivity index (χ2v) is 8.44. The quantitative estimate of drug-likeness (QED) is 0.841. The molecule has 2 fully saturated rings. The average molecular weight is 395 g/mol. The van der Waals surface area contributed by atoms with Crippen LogP contribution in [0.4, 0.5) is 5.13 Å². The summed E-state index contributed by atoms with van der Waals surface area (Å²) in [4.78, 5) is 22.7. The van der Waals surface area contributed by atoms with Crippen molar-refractivity contribution in [2.24, 2.45) is 0 Å². The van der Waals surface area contributed by atoms with Crippen molar-refractivity contribution < 1.29 is 9.90 Å². The van der Waals surface area contributed by atoms with Gasteiger partial charge in [0.15, 0.2) is 5.13 Å². The lowest BCUT2D eigenvalue weighted by Gasteiger charge is -2.35. The fourth-order valence-electron chi connectivity index (χ4n) is 3.65. The number of hydrogen-bond acceptors (Lipinski definition) is 6. The first-order valence-corrected chi connectivity index (χ1v) is 10.3. The molecule has 4 rings (SSSR count). The van der Waals surface area contributed by atoms with E-state index < -0.39 is 6.10 Å². The number of likely N-dealkylation sites (tertiary alicyclic amines) is 1. The minimum absolute atomic E-state index is 0.171. The normalized spacial score (nSPS) is 20.3. The molecule has 2 aliphatic rings. The molecule has 0 spiro atoms. The number of benzene rings is 1. The molecule has 0 bridgehead atoms. The Balaban J connectivity index is 1.29.